The van der Waals surface area contributed by atoms with E-state index < -0.39 is 6.09 Å². The lowest BCUT2D eigenvalue weighted by molar-refractivity contribution is -0.0392. The monoisotopic (exact) mass is 163 g/mol. The van der Waals surface area contributed by atoms with Gasteiger partial charge in [-0.25, -0.2) is 4.79 Å². The second kappa shape index (κ2) is 4.99. The van der Waals surface area contributed by atoms with E-state index in [1.807, 2.05) is 6.92 Å². The first-order valence-corrected chi connectivity index (χ1v) is 3.30. The minimum Gasteiger partial charge on any atom is -0.463 e. The van der Waals surface area contributed by atoms with Gasteiger partial charge >= 0.3 is 6.09 Å². The number of hydrogen-bond acceptors (Lipinski definition) is 3. The van der Waals surface area contributed by atoms with Crippen molar-refractivity contribution < 1.29 is 14.7 Å². The molecule has 1 amide bonds. The van der Waals surface area contributed by atoms with Crippen molar-refractivity contribution in [3.8, 4) is 0 Å². The third-order valence-electron chi connectivity index (χ3n) is 0.810. The molecule has 0 radical (unpaired) electrons. The van der Waals surface area contributed by atoms with Crippen molar-refractivity contribution in [3.05, 3.63) is 0 Å². The Hall–Kier alpha value is -0.840. The average molecular weight is 163 g/mol. The van der Waals surface area contributed by atoms with Crippen molar-refractivity contribution in [2.75, 3.05) is 6.54 Å². The molecule has 0 aliphatic heterocycles. The molecule has 58 valence electrons. The smallest absolute Gasteiger partial charge is 0.440 e. The van der Waals surface area contributed by atoms with Crippen LogP contribution in [-0.4, -0.2) is 28.4 Å². The van der Waals surface area contributed by atoms with Crippen molar-refractivity contribution >= 4 is 23.9 Å². The lowest BCUT2D eigenvalue weighted by atomic mass is 10.5. The van der Waals surface area contributed by atoms with E-state index >= 15 is 0 Å². The molecule has 0 aromatic rings. The topological polar surface area (TPSA) is 49.8 Å². The van der Waals surface area contributed by atoms with E-state index in [1.54, 1.807) is 0 Å². The van der Waals surface area contributed by atoms with Gasteiger partial charge in [-0.3, -0.25) is 0 Å². The van der Waals surface area contributed by atoms with Crippen molar-refractivity contribution in [3.63, 3.8) is 0 Å². The highest BCUT2D eigenvalue weighted by molar-refractivity contribution is 7.78. The van der Waals surface area contributed by atoms with Crippen molar-refractivity contribution in [2.24, 2.45) is 0 Å². The van der Waals surface area contributed by atoms with Crippen LogP contribution in [0.3, 0.4) is 0 Å². The highest BCUT2D eigenvalue weighted by Crippen LogP contribution is 1.91. The fourth-order valence-electron chi connectivity index (χ4n) is 0.448. The molecule has 1 N–H and O–H groups in total. The van der Waals surface area contributed by atoms with Gasteiger partial charge < -0.3 is 9.94 Å². The van der Waals surface area contributed by atoms with Crippen LogP contribution >= 0.6 is 12.2 Å². The van der Waals surface area contributed by atoms with Gasteiger partial charge in [-0.15, -0.1) is 5.06 Å². The predicted octanol–water partition coefficient (Wildman–Crippen LogP) is 1.27. The fraction of sp³-hybridized carbons (Fsp3) is 0.600. The molecular formula is C5H9NO3S. The van der Waals surface area contributed by atoms with E-state index in [2.05, 4.69) is 17.1 Å². The minimum absolute atomic E-state index is 0.336. The predicted molar refractivity (Wildman–Crippen MR) is 39.8 cm³/mol. The third kappa shape index (κ3) is 3.24. The molecule has 5 heteroatoms. The SMILES string of the molecule is CCCN(OC=S)C(=O)O. The third-order valence-corrected chi connectivity index (χ3v) is 0.896. The number of carbonyl (C=O) groups is 1. The lowest BCUT2D eigenvalue weighted by Crippen LogP contribution is -2.29. The molecule has 10 heavy (non-hydrogen) atoms. The first-order chi connectivity index (χ1) is 4.72. The molecule has 0 saturated carbocycles. The number of carboxylic acid groups (broad SMARTS) is 1. The Morgan fingerprint density at radius 3 is 2.80 bits per heavy atom. The van der Waals surface area contributed by atoms with Gasteiger partial charge in [0.1, 0.15) is 0 Å². The maximum Gasteiger partial charge on any atom is 0.440 e. The quantitative estimate of drug-likeness (QED) is 0.500. The Morgan fingerprint density at radius 1 is 1.90 bits per heavy atom. The number of hydroxylamine groups is 2. The summed E-state index contributed by atoms with van der Waals surface area (Å²) >= 11 is 4.31. The fourth-order valence-corrected chi connectivity index (χ4v) is 0.552. The molecule has 4 nitrogen and oxygen atoms in total. The normalized spacial score (nSPS) is 8.50. The van der Waals surface area contributed by atoms with Gasteiger partial charge in [0.05, 0.1) is 6.54 Å². The van der Waals surface area contributed by atoms with Gasteiger partial charge in [0.15, 0.2) is 5.55 Å². The summed E-state index contributed by atoms with van der Waals surface area (Å²) in [6.45, 7) is 2.19. The maximum atomic E-state index is 10.2. The first kappa shape index (κ1) is 9.16. The number of amides is 1. The second-order valence-corrected chi connectivity index (χ2v) is 1.78. The Morgan fingerprint density at radius 2 is 2.50 bits per heavy atom. The first-order valence-electron chi connectivity index (χ1n) is 2.83. The van der Waals surface area contributed by atoms with Crippen LogP contribution in [0.5, 0.6) is 0 Å². The standard InChI is InChI=1S/C5H9NO3S/c1-2-3-6(5(7)8)9-4-10/h4H,2-3H2,1H3,(H,7,8). The van der Waals surface area contributed by atoms with Gasteiger partial charge in [0.25, 0.3) is 0 Å². The molecule has 0 atom stereocenters. The summed E-state index contributed by atoms with van der Waals surface area (Å²) in [6.07, 6.45) is -0.418. The highest BCUT2D eigenvalue weighted by Gasteiger charge is 2.08. The zero-order valence-corrected chi connectivity index (χ0v) is 6.43. The molecule has 0 unspecified atom stereocenters. The lowest BCUT2D eigenvalue weighted by Gasteiger charge is -2.13. The van der Waals surface area contributed by atoms with Crippen LogP contribution in [0.4, 0.5) is 4.79 Å². The second-order valence-electron chi connectivity index (χ2n) is 1.59. The van der Waals surface area contributed by atoms with Gasteiger partial charge in [-0.05, 0) is 18.6 Å². The van der Waals surface area contributed by atoms with E-state index in [1.165, 1.54) is 0 Å². The molecule has 0 aliphatic rings. The van der Waals surface area contributed by atoms with Crippen LogP contribution in [-0.2, 0) is 4.84 Å². The van der Waals surface area contributed by atoms with Gasteiger partial charge in [0, 0.05) is 0 Å². The number of thiocarbonyl (C=S) groups is 1. The molecular weight excluding hydrogens is 154 g/mol. The Balaban J connectivity index is 3.71. The van der Waals surface area contributed by atoms with E-state index in [-0.39, 0.29) is 0 Å². The van der Waals surface area contributed by atoms with Gasteiger partial charge in [-0.2, -0.15) is 0 Å². The van der Waals surface area contributed by atoms with Crippen LogP contribution in [0.2, 0.25) is 0 Å². The summed E-state index contributed by atoms with van der Waals surface area (Å²) in [7, 11) is 0. The number of rotatable bonds is 4. The minimum atomic E-state index is -1.12. The molecule has 0 fully saturated rings. The van der Waals surface area contributed by atoms with E-state index in [4.69, 9.17) is 5.11 Å². The molecule has 0 aromatic carbocycles. The number of hydrogen-bond donors (Lipinski definition) is 1. The van der Waals surface area contributed by atoms with Crippen LogP contribution < -0.4 is 0 Å². The van der Waals surface area contributed by atoms with Crippen LogP contribution in [0.25, 0.3) is 0 Å². The molecule has 0 aromatic heterocycles. The van der Waals surface area contributed by atoms with E-state index in [0.717, 1.165) is 10.6 Å². The summed E-state index contributed by atoms with van der Waals surface area (Å²) in [5.74, 6) is 0. The molecule has 0 heterocycles. The summed E-state index contributed by atoms with van der Waals surface area (Å²) in [4.78, 5) is 14.7. The van der Waals surface area contributed by atoms with Crippen LogP contribution in [0.1, 0.15) is 13.3 Å². The summed E-state index contributed by atoms with van der Waals surface area (Å²) < 4.78 is 0. The Kier molecular flexibility index (Phi) is 4.57. The molecule has 0 aliphatic carbocycles. The molecule has 0 saturated heterocycles. The summed E-state index contributed by atoms with van der Waals surface area (Å²) in [5.41, 5.74) is 0.920. The molecule has 0 bridgehead atoms. The largest absolute Gasteiger partial charge is 0.463 e. The zero-order chi connectivity index (χ0) is 7.98. The Labute approximate surface area is 64.3 Å². The van der Waals surface area contributed by atoms with Crippen LogP contribution in [0, 0.1) is 0 Å². The van der Waals surface area contributed by atoms with Crippen molar-refractivity contribution in [1.82, 2.24) is 5.06 Å². The van der Waals surface area contributed by atoms with Crippen molar-refractivity contribution in [2.45, 2.75) is 13.3 Å². The van der Waals surface area contributed by atoms with Gasteiger partial charge in [-0.1, -0.05) is 6.92 Å². The molecule has 0 spiro atoms. The highest BCUT2D eigenvalue weighted by atomic mass is 32.1. The van der Waals surface area contributed by atoms with Crippen molar-refractivity contribution in [1.29, 1.82) is 0 Å². The van der Waals surface area contributed by atoms with E-state index in [9.17, 15) is 4.79 Å². The summed E-state index contributed by atoms with van der Waals surface area (Å²) in [5, 5.41) is 9.15. The van der Waals surface area contributed by atoms with Gasteiger partial charge in [0.2, 0.25) is 0 Å². The van der Waals surface area contributed by atoms with Crippen LogP contribution in [0.15, 0.2) is 0 Å². The maximum absolute atomic E-state index is 10.2. The van der Waals surface area contributed by atoms with E-state index in [0.29, 0.717) is 13.0 Å². The zero-order valence-electron chi connectivity index (χ0n) is 5.61. The molecule has 0 rings (SSSR count). The Bertz CT molecular complexity index is 128. The summed E-state index contributed by atoms with van der Waals surface area (Å²) in [6, 6.07) is 0. The average Bonchev–Trinajstić information content (AvgIpc) is 1.87. The number of nitrogens with zero attached hydrogens (tertiary/aromatic N) is 1.